The highest BCUT2D eigenvalue weighted by molar-refractivity contribution is 5.13. The lowest BCUT2D eigenvalue weighted by atomic mass is 10.1. The van der Waals surface area contributed by atoms with Crippen molar-refractivity contribution in [3.05, 3.63) is 30.1 Å². The second-order valence-corrected chi connectivity index (χ2v) is 5.24. The van der Waals surface area contributed by atoms with Crippen molar-refractivity contribution >= 4 is 0 Å². The molecule has 0 fully saturated rings. The molecule has 1 aromatic heterocycles. The number of unbranched alkanes of at least 4 members (excludes halogenated alkanes) is 1. The van der Waals surface area contributed by atoms with Crippen LogP contribution in [0.3, 0.4) is 0 Å². The lowest BCUT2D eigenvalue weighted by Gasteiger charge is -2.21. The summed E-state index contributed by atoms with van der Waals surface area (Å²) in [6, 6.07) is 5.21. The molecule has 0 amide bonds. The van der Waals surface area contributed by atoms with Crippen LogP contribution in [0.15, 0.2) is 24.5 Å². The van der Waals surface area contributed by atoms with E-state index in [-0.39, 0.29) is 0 Å². The molecule has 1 aromatic rings. The Kier molecular flexibility index (Phi) is 6.91. The zero-order valence-corrected chi connectivity index (χ0v) is 12.2. The van der Waals surface area contributed by atoms with Crippen LogP contribution in [0.1, 0.15) is 45.2 Å². The zero-order chi connectivity index (χ0) is 13.4. The third kappa shape index (κ3) is 5.61. The number of rotatable bonds is 8. The molecule has 0 aliphatic carbocycles. The van der Waals surface area contributed by atoms with Gasteiger partial charge in [-0.05, 0) is 71.4 Å². The molecular weight excluding hydrogens is 222 g/mol. The van der Waals surface area contributed by atoms with Crippen molar-refractivity contribution in [1.29, 1.82) is 0 Å². The van der Waals surface area contributed by atoms with Gasteiger partial charge in [0.25, 0.3) is 0 Å². The minimum absolute atomic E-state index is 0.413. The summed E-state index contributed by atoms with van der Waals surface area (Å²) >= 11 is 0. The van der Waals surface area contributed by atoms with E-state index in [9.17, 15) is 0 Å². The molecule has 0 aliphatic rings. The average molecular weight is 249 g/mol. The van der Waals surface area contributed by atoms with E-state index in [1.165, 1.54) is 24.9 Å². The molecule has 18 heavy (non-hydrogen) atoms. The van der Waals surface area contributed by atoms with Gasteiger partial charge in [0, 0.05) is 24.5 Å². The van der Waals surface area contributed by atoms with Crippen LogP contribution < -0.4 is 5.32 Å². The van der Waals surface area contributed by atoms with Gasteiger partial charge < -0.3 is 10.2 Å². The van der Waals surface area contributed by atoms with Gasteiger partial charge in [0.15, 0.2) is 0 Å². The van der Waals surface area contributed by atoms with Crippen molar-refractivity contribution in [2.45, 2.75) is 45.7 Å². The van der Waals surface area contributed by atoms with Gasteiger partial charge in [-0.25, -0.2) is 0 Å². The Morgan fingerprint density at radius 2 is 1.83 bits per heavy atom. The van der Waals surface area contributed by atoms with Crippen LogP contribution in [0.25, 0.3) is 0 Å². The summed E-state index contributed by atoms with van der Waals surface area (Å²) in [4.78, 5) is 6.44. The third-order valence-electron chi connectivity index (χ3n) is 3.48. The van der Waals surface area contributed by atoms with Crippen molar-refractivity contribution in [1.82, 2.24) is 15.2 Å². The Bertz CT molecular complexity index is 311. The second kappa shape index (κ2) is 8.22. The smallest absolute Gasteiger partial charge is 0.0292 e. The lowest BCUT2D eigenvalue weighted by molar-refractivity contribution is 0.267. The third-order valence-corrected chi connectivity index (χ3v) is 3.48. The van der Waals surface area contributed by atoms with Crippen LogP contribution in [0, 0.1) is 0 Å². The highest BCUT2D eigenvalue weighted by atomic mass is 15.1. The predicted molar refractivity (Wildman–Crippen MR) is 77.7 cm³/mol. The molecule has 0 spiro atoms. The van der Waals surface area contributed by atoms with E-state index in [2.05, 4.69) is 55.2 Å². The van der Waals surface area contributed by atoms with Crippen LogP contribution in [-0.4, -0.2) is 36.1 Å². The molecule has 102 valence electrons. The first kappa shape index (κ1) is 15.1. The molecule has 1 rings (SSSR count). The summed E-state index contributed by atoms with van der Waals surface area (Å²) in [5.41, 5.74) is 1.31. The van der Waals surface area contributed by atoms with Gasteiger partial charge in [0.1, 0.15) is 0 Å². The minimum Gasteiger partial charge on any atom is -0.310 e. The first-order valence-corrected chi connectivity index (χ1v) is 6.95. The van der Waals surface area contributed by atoms with Crippen LogP contribution in [-0.2, 0) is 0 Å². The number of nitrogens with one attached hydrogen (secondary N) is 1. The lowest BCUT2D eigenvalue weighted by Crippen LogP contribution is -2.28. The van der Waals surface area contributed by atoms with Gasteiger partial charge in [-0.2, -0.15) is 0 Å². The van der Waals surface area contributed by atoms with Gasteiger partial charge >= 0.3 is 0 Å². The van der Waals surface area contributed by atoms with E-state index in [4.69, 9.17) is 0 Å². The van der Waals surface area contributed by atoms with E-state index < -0.39 is 0 Å². The molecule has 1 unspecified atom stereocenters. The van der Waals surface area contributed by atoms with E-state index >= 15 is 0 Å². The van der Waals surface area contributed by atoms with Gasteiger partial charge in [-0.15, -0.1) is 0 Å². The molecule has 3 nitrogen and oxygen atoms in total. The highest BCUT2D eigenvalue weighted by Gasteiger charge is 2.04. The largest absolute Gasteiger partial charge is 0.310 e. The Morgan fingerprint density at radius 1 is 1.17 bits per heavy atom. The summed E-state index contributed by atoms with van der Waals surface area (Å²) in [5.74, 6) is 0. The van der Waals surface area contributed by atoms with Crippen LogP contribution in [0.5, 0.6) is 0 Å². The quantitative estimate of drug-likeness (QED) is 0.718. The second-order valence-electron chi connectivity index (χ2n) is 5.24. The first-order chi connectivity index (χ1) is 8.61. The fraction of sp³-hybridized carbons (Fsp3) is 0.667. The Morgan fingerprint density at radius 3 is 2.44 bits per heavy atom. The maximum Gasteiger partial charge on any atom is 0.0292 e. The fourth-order valence-electron chi connectivity index (χ4n) is 1.83. The molecule has 0 aliphatic heterocycles. The van der Waals surface area contributed by atoms with Gasteiger partial charge in [-0.1, -0.05) is 0 Å². The topological polar surface area (TPSA) is 28.2 Å². The zero-order valence-electron chi connectivity index (χ0n) is 12.2. The summed E-state index contributed by atoms with van der Waals surface area (Å²) in [7, 11) is 2.19. The maximum absolute atomic E-state index is 4.04. The van der Waals surface area contributed by atoms with Crippen molar-refractivity contribution < 1.29 is 0 Å². The first-order valence-electron chi connectivity index (χ1n) is 6.95. The fourth-order valence-corrected chi connectivity index (χ4v) is 1.83. The molecule has 0 saturated carbocycles. The van der Waals surface area contributed by atoms with Gasteiger partial charge in [0.2, 0.25) is 0 Å². The Hall–Kier alpha value is -0.930. The normalized spacial score (nSPS) is 13.2. The van der Waals surface area contributed by atoms with Crippen LogP contribution in [0.2, 0.25) is 0 Å². The molecule has 1 N–H and O–H groups in total. The van der Waals surface area contributed by atoms with E-state index in [0.29, 0.717) is 12.1 Å². The minimum atomic E-state index is 0.413. The Labute approximate surface area is 112 Å². The highest BCUT2D eigenvalue weighted by Crippen LogP contribution is 2.10. The monoisotopic (exact) mass is 249 g/mol. The van der Waals surface area contributed by atoms with Crippen molar-refractivity contribution in [2.24, 2.45) is 0 Å². The number of hydrogen-bond donors (Lipinski definition) is 1. The summed E-state index contributed by atoms with van der Waals surface area (Å²) in [6.07, 6.45) is 6.19. The number of aromatic nitrogens is 1. The summed E-state index contributed by atoms with van der Waals surface area (Å²) < 4.78 is 0. The molecule has 0 radical (unpaired) electrons. The molecular formula is C15H27N3. The van der Waals surface area contributed by atoms with Crippen molar-refractivity contribution in [3.63, 3.8) is 0 Å². The number of pyridine rings is 1. The van der Waals surface area contributed by atoms with E-state index in [1.54, 1.807) is 0 Å². The summed E-state index contributed by atoms with van der Waals surface area (Å²) in [5, 5.41) is 3.56. The summed E-state index contributed by atoms with van der Waals surface area (Å²) in [6.45, 7) is 8.95. The molecule has 1 atom stereocenters. The molecule has 0 bridgehead atoms. The number of hydrogen-bond acceptors (Lipinski definition) is 3. The van der Waals surface area contributed by atoms with Gasteiger partial charge in [0.05, 0.1) is 0 Å². The Balaban J connectivity index is 2.11. The van der Waals surface area contributed by atoms with Crippen LogP contribution in [0.4, 0.5) is 0 Å². The number of nitrogens with zero attached hydrogens (tertiary/aromatic N) is 2. The standard InChI is InChI=1S/C15H27N3/c1-13(2)18(4)12-6-5-9-17-14(3)15-7-10-16-11-8-15/h7-8,10-11,13-14,17H,5-6,9,12H2,1-4H3. The van der Waals surface area contributed by atoms with Crippen LogP contribution >= 0.6 is 0 Å². The molecule has 0 aromatic carbocycles. The molecule has 1 heterocycles. The van der Waals surface area contributed by atoms with E-state index in [0.717, 1.165) is 6.54 Å². The average Bonchev–Trinajstić information content (AvgIpc) is 2.38. The molecule has 0 saturated heterocycles. The van der Waals surface area contributed by atoms with Gasteiger partial charge in [-0.3, -0.25) is 4.98 Å². The van der Waals surface area contributed by atoms with Crippen molar-refractivity contribution in [3.8, 4) is 0 Å². The SMILES string of the molecule is CC(NCCCCN(C)C(C)C)c1ccncc1. The van der Waals surface area contributed by atoms with E-state index in [1.807, 2.05) is 12.4 Å². The van der Waals surface area contributed by atoms with Crippen molar-refractivity contribution in [2.75, 3.05) is 20.1 Å². The molecule has 3 heteroatoms. The maximum atomic E-state index is 4.04. The predicted octanol–water partition coefficient (Wildman–Crippen LogP) is 2.85.